The van der Waals surface area contributed by atoms with E-state index in [0.717, 1.165) is 20.0 Å². The third kappa shape index (κ3) is 5.28. The van der Waals surface area contributed by atoms with E-state index >= 15 is 0 Å². The summed E-state index contributed by atoms with van der Waals surface area (Å²) in [5, 5.41) is 5.05. The number of halogens is 2. The molecule has 6 nitrogen and oxygen atoms in total. The fourth-order valence-electron chi connectivity index (χ4n) is 3.07. The maximum atomic E-state index is 13.3. The molecule has 164 valence electrons. The van der Waals surface area contributed by atoms with Gasteiger partial charge in [0.05, 0.1) is 33.9 Å². The van der Waals surface area contributed by atoms with Crippen LogP contribution in [0.25, 0.3) is 10.9 Å². The average Bonchev–Trinajstić information content (AvgIpc) is 2.74. The summed E-state index contributed by atoms with van der Waals surface area (Å²) in [5.41, 5.74) is 1.27. The molecule has 0 saturated heterocycles. The molecule has 0 fully saturated rings. The highest BCUT2D eigenvalue weighted by atomic mass is 127. The fraction of sp³-hybridized carbons (Fsp3) is 0.348. The van der Waals surface area contributed by atoms with Gasteiger partial charge in [0.2, 0.25) is 0 Å². The van der Waals surface area contributed by atoms with Gasteiger partial charge in [0, 0.05) is 10.4 Å². The number of aromatic nitrogens is 2. The lowest BCUT2D eigenvalue weighted by Gasteiger charge is -2.16. The van der Waals surface area contributed by atoms with Crippen LogP contribution in [0.3, 0.4) is 0 Å². The summed E-state index contributed by atoms with van der Waals surface area (Å²) in [7, 11) is 1.61. The van der Waals surface area contributed by atoms with Crippen LogP contribution in [-0.2, 0) is 0 Å². The minimum Gasteiger partial charge on any atom is -0.493 e. The standard InChI is InChI=1S/C23H25BrIN3O3/c1-6-14(4)22-27-19-8-7-16(24)11-17(19)23(29)28(22)26-12-15-9-18(25)21(31-13(2)3)20(10-15)30-5/h7-14H,6H2,1-5H3/t14-/m0/s1. The van der Waals surface area contributed by atoms with Crippen molar-refractivity contribution >= 4 is 55.6 Å². The lowest BCUT2D eigenvalue weighted by Crippen LogP contribution is -2.23. The van der Waals surface area contributed by atoms with E-state index in [-0.39, 0.29) is 17.6 Å². The van der Waals surface area contributed by atoms with Crippen LogP contribution in [0.5, 0.6) is 11.5 Å². The number of nitrogens with zero attached hydrogens (tertiary/aromatic N) is 3. The van der Waals surface area contributed by atoms with Crippen molar-refractivity contribution in [1.29, 1.82) is 0 Å². The molecule has 0 bridgehead atoms. The van der Waals surface area contributed by atoms with E-state index in [2.05, 4.69) is 50.5 Å². The van der Waals surface area contributed by atoms with Gasteiger partial charge in [-0.3, -0.25) is 4.79 Å². The number of ether oxygens (including phenoxy) is 2. The molecule has 1 aromatic heterocycles. The third-order valence-corrected chi connectivity index (χ3v) is 6.11. The van der Waals surface area contributed by atoms with E-state index in [1.54, 1.807) is 19.4 Å². The number of hydrogen-bond donors (Lipinski definition) is 0. The Morgan fingerprint density at radius 2 is 2.00 bits per heavy atom. The molecule has 3 aromatic rings. The maximum Gasteiger partial charge on any atom is 0.282 e. The zero-order valence-corrected chi connectivity index (χ0v) is 21.9. The average molecular weight is 598 g/mol. The second-order valence-electron chi connectivity index (χ2n) is 7.50. The van der Waals surface area contributed by atoms with Gasteiger partial charge < -0.3 is 9.47 Å². The SMILES string of the molecule is CC[C@H](C)c1nc2ccc(Br)cc2c(=O)n1N=Cc1cc(I)c(OC(C)C)c(OC)c1. The third-order valence-electron chi connectivity index (χ3n) is 4.81. The molecule has 1 atom stereocenters. The van der Waals surface area contributed by atoms with Crippen LogP contribution in [0.1, 0.15) is 51.4 Å². The summed E-state index contributed by atoms with van der Waals surface area (Å²) in [4.78, 5) is 18.0. The van der Waals surface area contributed by atoms with Crippen molar-refractivity contribution in [1.82, 2.24) is 9.66 Å². The van der Waals surface area contributed by atoms with E-state index in [1.807, 2.05) is 45.0 Å². The largest absolute Gasteiger partial charge is 0.493 e. The predicted molar refractivity (Wildman–Crippen MR) is 137 cm³/mol. The van der Waals surface area contributed by atoms with Crippen LogP contribution in [-0.4, -0.2) is 29.1 Å². The summed E-state index contributed by atoms with van der Waals surface area (Å²) >= 11 is 5.65. The smallest absolute Gasteiger partial charge is 0.282 e. The number of rotatable bonds is 7. The number of fused-ring (bicyclic) bond motifs is 1. The normalized spacial score (nSPS) is 12.6. The molecule has 31 heavy (non-hydrogen) atoms. The Balaban J connectivity index is 2.13. The Bertz CT molecular complexity index is 1190. The number of benzene rings is 2. The van der Waals surface area contributed by atoms with E-state index in [0.29, 0.717) is 28.2 Å². The van der Waals surface area contributed by atoms with Crippen LogP contribution in [0.2, 0.25) is 0 Å². The Hall–Kier alpha value is -1.94. The molecule has 3 rings (SSSR count). The van der Waals surface area contributed by atoms with E-state index in [9.17, 15) is 4.79 Å². The second kappa shape index (κ2) is 10.1. The molecule has 0 aliphatic carbocycles. The summed E-state index contributed by atoms with van der Waals surface area (Å²) in [6.45, 7) is 8.05. The molecule has 1 heterocycles. The van der Waals surface area contributed by atoms with Crippen molar-refractivity contribution in [3.8, 4) is 11.5 Å². The topological polar surface area (TPSA) is 65.7 Å². The second-order valence-corrected chi connectivity index (χ2v) is 9.58. The van der Waals surface area contributed by atoms with Crippen LogP contribution in [0.4, 0.5) is 0 Å². The number of methoxy groups -OCH3 is 1. The van der Waals surface area contributed by atoms with Crippen molar-refractivity contribution < 1.29 is 9.47 Å². The Morgan fingerprint density at radius 3 is 2.65 bits per heavy atom. The fourth-order valence-corrected chi connectivity index (χ4v) is 4.18. The van der Waals surface area contributed by atoms with Gasteiger partial charge in [0.25, 0.3) is 5.56 Å². The van der Waals surface area contributed by atoms with Gasteiger partial charge in [0.15, 0.2) is 11.5 Å². The Kier molecular flexibility index (Phi) is 7.74. The first-order valence-corrected chi connectivity index (χ1v) is 11.9. The molecule has 0 radical (unpaired) electrons. The minimum atomic E-state index is -0.195. The summed E-state index contributed by atoms with van der Waals surface area (Å²) < 4.78 is 14.5. The summed E-state index contributed by atoms with van der Waals surface area (Å²) in [6.07, 6.45) is 2.53. The zero-order chi connectivity index (χ0) is 22.7. The molecule has 0 N–H and O–H groups in total. The molecule has 0 aliphatic heterocycles. The molecule has 0 amide bonds. The molecule has 0 aliphatic rings. The van der Waals surface area contributed by atoms with E-state index in [4.69, 9.17) is 14.5 Å². The molecule has 0 saturated carbocycles. The molecular formula is C23H25BrIN3O3. The van der Waals surface area contributed by atoms with Gasteiger partial charge in [-0.25, -0.2) is 4.98 Å². The van der Waals surface area contributed by atoms with Gasteiger partial charge in [-0.2, -0.15) is 9.78 Å². The highest BCUT2D eigenvalue weighted by molar-refractivity contribution is 14.1. The lowest BCUT2D eigenvalue weighted by atomic mass is 10.1. The molecular weight excluding hydrogens is 573 g/mol. The van der Waals surface area contributed by atoms with Gasteiger partial charge >= 0.3 is 0 Å². The minimum absolute atomic E-state index is 0.0293. The van der Waals surface area contributed by atoms with Gasteiger partial charge in [-0.15, -0.1) is 0 Å². The van der Waals surface area contributed by atoms with E-state index in [1.165, 1.54) is 4.68 Å². The van der Waals surface area contributed by atoms with Crippen molar-refractivity contribution in [2.45, 2.75) is 46.1 Å². The van der Waals surface area contributed by atoms with Crippen LogP contribution >= 0.6 is 38.5 Å². The molecule has 0 unspecified atom stereocenters. The van der Waals surface area contributed by atoms with Crippen molar-refractivity contribution in [2.24, 2.45) is 5.10 Å². The number of hydrogen-bond acceptors (Lipinski definition) is 5. The first-order valence-electron chi connectivity index (χ1n) is 10.1. The summed E-state index contributed by atoms with van der Waals surface area (Å²) in [5.74, 6) is 2.04. The monoisotopic (exact) mass is 597 g/mol. The summed E-state index contributed by atoms with van der Waals surface area (Å²) in [6, 6.07) is 9.31. The first-order chi connectivity index (χ1) is 14.7. The van der Waals surface area contributed by atoms with Crippen LogP contribution in [0.15, 0.2) is 44.7 Å². The highest BCUT2D eigenvalue weighted by Crippen LogP contribution is 2.34. The van der Waals surface area contributed by atoms with Gasteiger partial charge in [0.1, 0.15) is 5.82 Å². The van der Waals surface area contributed by atoms with E-state index < -0.39 is 0 Å². The molecule has 2 aromatic carbocycles. The predicted octanol–water partition coefficient (Wildman–Crippen LogP) is 5.96. The van der Waals surface area contributed by atoms with Gasteiger partial charge in [-0.1, -0.05) is 29.8 Å². The Morgan fingerprint density at radius 1 is 1.26 bits per heavy atom. The zero-order valence-electron chi connectivity index (χ0n) is 18.1. The van der Waals surface area contributed by atoms with Gasteiger partial charge in [-0.05, 0) is 78.8 Å². The quantitative estimate of drug-likeness (QED) is 0.249. The maximum absolute atomic E-state index is 13.3. The van der Waals surface area contributed by atoms with Crippen LogP contribution in [0, 0.1) is 3.57 Å². The Labute approximate surface area is 203 Å². The van der Waals surface area contributed by atoms with Crippen LogP contribution < -0.4 is 15.0 Å². The molecule has 0 spiro atoms. The van der Waals surface area contributed by atoms with Crippen molar-refractivity contribution in [3.05, 3.63) is 60.1 Å². The lowest BCUT2D eigenvalue weighted by molar-refractivity contribution is 0.228. The van der Waals surface area contributed by atoms with Crippen molar-refractivity contribution in [2.75, 3.05) is 7.11 Å². The molecule has 8 heteroatoms. The van der Waals surface area contributed by atoms with Crippen molar-refractivity contribution in [3.63, 3.8) is 0 Å². The highest BCUT2D eigenvalue weighted by Gasteiger charge is 2.16. The first kappa shape index (κ1) is 23.7.